The molecule has 0 radical (unpaired) electrons. The monoisotopic (exact) mass is 294 g/mol. The second-order valence-electron chi connectivity index (χ2n) is 7.80. The topological polar surface area (TPSA) is 35.5 Å². The molecule has 3 fully saturated rings. The summed E-state index contributed by atoms with van der Waals surface area (Å²) < 4.78 is 12.3. The summed E-state index contributed by atoms with van der Waals surface area (Å²) in [5, 5.41) is 0. The highest BCUT2D eigenvalue weighted by atomic mass is 16.6. The molecule has 2 heterocycles. The van der Waals surface area contributed by atoms with Gasteiger partial charge in [-0.2, -0.15) is 0 Å². The zero-order chi connectivity index (χ0) is 15.0. The largest absolute Gasteiger partial charge is 0.458 e. The summed E-state index contributed by atoms with van der Waals surface area (Å²) in [7, 11) is 0. The zero-order valence-corrected chi connectivity index (χ0v) is 13.8. The van der Waals surface area contributed by atoms with E-state index in [9.17, 15) is 4.79 Å². The van der Waals surface area contributed by atoms with Crippen LogP contribution in [0.1, 0.15) is 72.1 Å². The molecule has 0 N–H and O–H groups in total. The van der Waals surface area contributed by atoms with Gasteiger partial charge in [-0.25, -0.2) is 0 Å². The highest BCUT2D eigenvalue weighted by molar-refractivity contribution is 5.72. The molecular formula is C18H30O3. The fourth-order valence-corrected chi connectivity index (χ4v) is 4.46. The van der Waals surface area contributed by atoms with E-state index in [-0.39, 0.29) is 17.5 Å². The van der Waals surface area contributed by atoms with Crippen molar-refractivity contribution >= 4 is 5.97 Å². The maximum Gasteiger partial charge on any atom is 0.309 e. The Kier molecular flexibility index (Phi) is 4.31. The molecule has 3 rings (SSSR count). The molecule has 0 aromatic heterocycles. The first-order chi connectivity index (χ1) is 10.0. The lowest BCUT2D eigenvalue weighted by Gasteiger charge is -2.44. The molecule has 3 nitrogen and oxygen atoms in total. The van der Waals surface area contributed by atoms with Gasteiger partial charge in [-0.15, -0.1) is 0 Å². The van der Waals surface area contributed by atoms with E-state index in [0.29, 0.717) is 24.0 Å². The Morgan fingerprint density at radius 3 is 2.38 bits per heavy atom. The van der Waals surface area contributed by atoms with Crippen molar-refractivity contribution in [3.05, 3.63) is 0 Å². The van der Waals surface area contributed by atoms with Gasteiger partial charge in [0.15, 0.2) is 0 Å². The van der Waals surface area contributed by atoms with Crippen molar-refractivity contribution in [1.82, 2.24) is 0 Å². The summed E-state index contributed by atoms with van der Waals surface area (Å²) in [5.41, 5.74) is -0.224. The van der Waals surface area contributed by atoms with Crippen molar-refractivity contribution < 1.29 is 14.3 Å². The quantitative estimate of drug-likeness (QED) is 0.733. The van der Waals surface area contributed by atoms with Crippen molar-refractivity contribution in [3.63, 3.8) is 0 Å². The fraction of sp³-hybridized carbons (Fsp3) is 0.944. The van der Waals surface area contributed by atoms with Crippen LogP contribution in [0.15, 0.2) is 0 Å². The van der Waals surface area contributed by atoms with Crippen molar-refractivity contribution in [2.75, 3.05) is 0 Å². The van der Waals surface area contributed by atoms with Crippen LogP contribution in [0.4, 0.5) is 0 Å². The molecule has 4 unspecified atom stereocenters. The van der Waals surface area contributed by atoms with Gasteiger partial charge in [-0.05, 0) is 50.9 Å². The van der Waals surface area contributed by atoms with Gasteiger partial charge in [0.2, 0.25) is 0 Å². The standard InChI is InChI=1S/C18H30O3/c1-12(2)13(3)17(19)21-18(9-5-4-6-10-18)15-11-14-7-8-16(15)20-14/h12-16H,4-11H2,1-3H3. The van der Waals surface area contributed by atoms with Crippen LogP contribution in [0.25, 0.3) is 0 Å². The molecule has 120 valence electrons. The predicted octanol–water partition coefficient (Wildman–Crippen LogP) is 4.09. The summed E-state index contributed by atoms with van der Waals surface area (Å²) in [6, 6.07) is 0. The van der Waals surface area contributed by atoms with Gasteiger partial charge < -0.3 is 9.47 Å². The third-order valence-electron chi connectivity index (χ3n) is 6.16. The van der Waals surface area contributed by atoms with Crippen LogP contribution >= 0.6 is 0 Å². The van der Waals surface area contributed by atoms with Crippen molar-refractivity contribution in [2.24, 2.45) is 17.8 Å². The Morgan fingerprint density at radius 2 is 1.86 bits per heavy atom. The number of carbonyl (C=O) groups excluding carboxylic acids is 1. The van der Waals surface area contributed by atoms with Crippen molar-refractivity contribution in [3.8, 4) is 0 Å². The summed E-state index contributed by atoms with van der Waals surface area (Å²) >= 11 is 0. The first-order valence-electron chi connectivity index (χ1n) is 8.90. The van der Waals surface area contributed by atoms with Gasteiger partial charge >= 0.3 is 5.97 Å². The van der Waals surface area contributed by atoms with E-state index in [0.717, 1.165) is 25.7 Å². The highest BCUT2D eigenvalue weighted by Gasteiger charge is 2.54. The molecule has 1 saturated carbocycles. The summed E-state index contributed by atoms with van der Waals surface area (Å²) in [4.78, 5) is 12.6. The van der Waals surface area contributed by atoms with E-state index in [1.807, 2.05) is 6.92 Å². The lowest BCUT2D eigenvalue weighted by Crippen LogP contribution is -2.49. The summed E-state index contributed by atoms with van der Waals surface area (Å²) in [6.45, 7) is 6.20. The van der Waals surface area contributed by atoms with E-state index < -0.39 is 0 Å². The first-order valence-corrected chi connectivity index (χ1v) is 8.90. The van der Waals surface area contributed by atoms with Crippen LogP contribution in [0.2, 0.25) is 0 Å². The van der Waals surface area contributed by atoms with Crippen LogP contribution in [0.3, 0.4) is 0 Å². The minimum Gasteiger partial charge on any atom is -0.458 e. The van der Waals surface area contributed by atoms with Crippen molar-refractivity contribution in [1.29, 1.82) is 0 Å². The number of esters is 1. The smallest absolute Gasteiger partial charge is 0.309 e. The Bertz CT molecular complexity index is 384. The van der Waals surface area contributed by atoms with E-state index in [1.165, 1.54) is 25.7 Å². The van der Waals surface area contributed by atoms with E-state index in [1.54, 1.807) is 0 Å². The molecule has 3 aliphatic rings. The molecule has 3 heteroatoms. The Labute approximate surface area is 128 Å². The van der Waals surface area contributed by atoms with Gasteiger partial charge in [-0.1, -0.05) is 27.2 Å². The van der Waals surface area contributed by atoms with Gasteiger partial charge in [-0.3, -0.25) is 4.79 Å². The Morgan fingerprint density at radius 1 is 1.14 bits per heavy atom. The molecule has 0 aromatic rings. The molecule has 0 amide bonds. The second-order valence-corrected chi connectivity index (χ2v) is 7.80. The predicted molar refractivity (Wildman–Crippen MR) is 81.9 cm³/mol. The van der Waals surface area contributed by atoms with Gasteiger partial charge in [0.1, 0.15) is 5.60 Å². The van der Waals surface area contributed by atoms with Crippen molar-refractivity contribution in [2.45, 2.75) is 89.9 Å². The number of hydrogen-bond donors (Lipinski definition) is 0. The first kappa shape index (κ1) is 15.3. The molecule has 21 heavy (non-hydrogen) atoms. The minimum atomic E-state index is -0.224. The highest BCUT2D eigenvalue weighted by Crippen LogP contribution is 2.50. The van der Waals surface area contributed by atoms with Crippen LogP contribution in [-0.2, 0) is 14.3 Å². The molecule has 4 atom stereocenters. The zero-order valence-electron chi connectivity index (χ0n) is 13.8. The van der Waals surface area contributed by atoms with Crippen LogP contribution in [-0.4, -0.2) is 23.8 Å². The van der Waals surface area contributed by atoms with Crippen LogP contribution < -0.4 is 0 Å². The fourth-order valence-electron chi connectivity index (χ4n) is 4.46. The molecular weight excluding hydrogens is 264 g/mol. The number of fused-ring (bicyclic) bond motifs is 2. The molecule has 2 bridgehead atoms. The Balaban J connectivity index is 1.75. The average Bonchev–Trinajstić information content (AvgIpc) is 3.10. The molecule has 0 aromatic carbocycles. The maximum atomic E-state index is 12.6. The SMILES string of the molecule is CC(C)C(C)C(=O)OC1(C2CC3CCC2O3)CCCCC1. The van der Waals surface area contributed by atoms with E-state index in [4.69, 9.17) is 9.47 Å². The van der Waals surface area contributed by atoms with E-state index >= 15 is 0 Å². The Hall–Kier alpha value is -0.570. The maximum absolute atomic E-state index is 12.6. The number of hydrogen-bond acceptors (Lipinski definition) is 3. The lowest BCUT2D eigenvalue weighted by atomic mass is 9.69. The molecule has 0 spiro atoms. The second kappa shape index (κ2) is 5.91. The minimum absolute atomic E-state index is 0.00896. The van der Waals surface area contributed by atoms with Gasteiger partial charge in [0, 0.05) is 5.92 Å². The van der Waals surface area contributed by atoms with Gasteiger partial charge in [0.25, 0.3) is 0 Å². The molecule has 2 aliphatic heterocycles. The third-order valence-corrected chi connectivity index (χ3v) is 6.16. The summed E-state index contributed by atoms with van der Waals surface area (Å²) in [5.74, 6) is 0.785. The lowest BCUT2D eigenvalue weighted by molar-refractivity contribution is -0.180. The van der Waals surface area contributed by atoms with Crippen LogP contribution in [0.5, 0.6) is 0 Å². The van der Waals surface area contributed by atoms with Crippen LogP contribution in [0, 0.1) is 17.8 Å². The molecule has 1 aliphatic carbocycles. The number of rotatable bonds is 4. The number of carbonyl (C=O) groups is 1. The normalized spacial score (nSPS) is 35.9. The third kappa shape index (κ3) is 2.86. The summed E-state index contributed by atoms with van der Waals surface area (Å²) in [6.07, 6.45) is 9.99. The van der Waals surface area contributed by atoms with Gasteiger partial charge in [0.05, 0.1) is 18.1 Å². The number of ether oxygens (including phenoxy) is 2. The molecule has 2 saturated heterocycles. The van der Waals surface area contributed by atoms with E-state index in [2.05, 4.69) is 13.8 Å². The average molecular weight is 294 g/mol.